The van der Waals surface area contributed by atoms with Crippen LogP contribution in [0.5, 0.6) is 0 Å². The summed E-state index contributed by atoms with van der Waals surface area (Å²) >= 11 is 6.04. The van der Waals surface area contributed by atoms with Gasteiger partial charge in [-0.25, -0.2) is 0 Å². The summed E-state index contributed by atoms with van der Waals surface area (Å²) < 4.78 is 5.59. The van der Waals surface area contributed by atoms with Gasteiger partial charge in [0.15, 0.2) is 11.9 Å². The van der Waals surface area contributed by atoms with Crippen molar-refractivity contribution < 1.29 is 4.52 Å². The van der Waals surface area contributed by atoms with Gasteiger partial charge in [-0.15, -0.1) is 0 Å². The van der Waals surface area contributed by atoms with Crippen molar-refractivity contribution in [1.82, 2.24) is 10.5 Å². The number of halogens is 1. The maximum atomic E-state index is 6.04. The molecule has 0 fully saturated rings. The lowest BCUT2D eigenvalue weighted by molar-refractivity contribution is 0.348. The van der Waals surface area contributed by atoms with Crippen LogP contribution in [0.3, 0.4) is 0 Å². The predicted octanol–water partition coefficient (Wildman–Crippen LogP) is 4.37. The lowest BCUT2D eigenvalue weighted by atomic mass is 9.93. The van der Waals surface area contributed by atoms with Crippen molar-refractivity contribution in [2.75, 3.05) is 7.05 Å². The number of nitrogens with zero attached hydrogens (tertiary/aromatic N) is 2. The summed E-state index contributed by atoms with van der Waals surface area (Å²) in [7, 11) is 1.87. The van der Waals surface area contributed by atoms with Gasteiger partial charge < -0.3 is 4.52 Å². The van der Waals surface area contributed by atoms with Crippen LogP contribution in [0.15, 0.2) is 58.0 Å². The summed E-state index contributed by atoms with van der Waals surface area (Å²) in [5.41, 5.74) is 5.95. The molecule has 4 rings (SSSR count). The minimum Gasteiger partial charge on any atom is -0.357 e. The number of aliphatic imine (C=N–C) groups is 1. The monoisotopic (exact) mass is 337 g/mol. The van der Waals surface area contributed by atoms with Crippen molar-refractivity contribution in [2.45, 2.75) is 13.1 Å². The van der Waals surface area contributed by atoms with Gasteiger partial charge in [0.2, 0.25) is 0 Å². The van der Waals surface area contributed by atoms with Crippen LogP contribution in [0.1, 0.15) is 28.7 Å². The first kappa shape index (κ1) is 15.1. The molecule has 1 N–H and O–H groups in total. The lowest BCUT2D eigenvalue weighted by Gasteiger charge is -2.11. The molecule has 0 spiro atoms. The topological polar surface area (TPSA) is 50.4 Å². The summed E-state index contributed by atoms with van der Waals surface area (Å²) in [6.45, 7) is 1.96. The summed E-state index contributed by atoms with van der Waals surface area (Å²) in [5, 5.41) is 8.06. The van der Waals surface area contributed by atoms with E-state index in [0.717, 1.165) is 39.4 Å². The van der Waals surface area contributed by atoms with E-state index < -0.39 is 0 Å². The highest BCUT2D eigenvalue weighted by molar-refractivity contribution is 6.30. The Labute approximate surface area is 145 Å². The molecule has 120 valence electrons. The Kier molecular flexibility index (Phi) is 3.71. The standard InChI is InChI=1S/C19H16ClN3O/c1-11-16-14-5-3-4-6-15(14)17(12-7-9-13(20)10-8-12)22-19(21-2)18(16)24-23-11/h3-10,19,21H,1-2H3/t19-/m1/s1. The van der Waals surface area contributed by atoms with Gasteiger partial charge in [-0.2, -0.15) is 0 Å². The van der Waals surface area contributed by atoms with E-state index in [2.05, 4.69) is 22.6 Å². The molecule has 2 heterocycles. The molecule has 0 saturated heterocycles. The highest BCUT2D eigenvalue weighted by atomic mass is 35.5. The Morgan fingerprint density at radius 3 is 2.46 bits per heavy atom. The quantitative estimate of drug-likeness (QED) is 0.755. The maximum Gasteiger partial charge on any atom is 0.183 e. The van der Waals surface area contributed by atoms with Crippen molar-refractivity contribution in [2.24, 2.45) is 4.99 Å². The second-order valence-corrected chi connectivity index (χ2v) is 6.17. The van der Waals surface area contributed by atoms with Gasteiger partial charge in [0.25, 0.3) is 0 Å². The fourth-order valence-corrected chi connectivity index (χ4v) is 3.23. The van der Waals surface area contributed by atoms with Gasteiger partial charge in [0, 0.05) is 16.1 Å². The summed E-state index contributed by atoms with van der Waals surface area (Å²) in [6.07, 6.45) is -0.292. The van der Waals surface area contributed by atoms with Gasteiger partial charge in [-0.3, -0.25) is 10.3 Å². The molecule has 5 heteroatoms. The minimum atomic E-state index is -0.292. The number of aryl methyl sites for hydroxylation is 1. The first-order valence-electron chi connectivity index (χ1n) is 7.76. The fraction of sp³-hybridized carbons (Fsp3) is 0.158. The molecule has 24 heavy (non-hydrogen) atoms. The Morgan fingerprint density at radius 2 is 1.75 bits per heavy atom. The van der Waals surface area contributed by atoms with Crippen molar-refractivity contribution in [1.29, 1.82) is 0 Å². The van der Waals surface area contributed by atoms with Gasteiger partial charge >= 0.3 is 0 Å². The van der Waals surface area contributed by atoms with Crippen molar-refractivity contribution in [3.8, 4) is 11.1 Å². The highest BCUT2D eigenvalue weighted by Crippen LogP contribution is 2.38. The van der Waals surface area contributed by atoms with Crippen molar-refractivity contribution in [3.63, 3.8) is 0 Å². The maximum absolute atomic E-state index is 6.04. The fourth-order valence-electron chi connectivity index (χ4n) is 3.10. The van der Waals surface area contributed by atoms with E-state index in [1.54, 1.807) is 0 Å². The van der Waals surface area contributed by atoms with Crippen LogP contribution in [0, 0.1) is 6.92 Å². The van der Waals surface area contributed by atoms with Crippen LogP contribution in [-0.4, -0.2) is 17.9 Å². The Balaban J connectivity index is 2.01. The number of hydrogen-bond donors (Lipinski definition) is 1. The average Bonchev–Trinajstić information content (AvgIpc) is 2.91. The largest absolute Gasteiger partial charge is 0.357 e. The minimum absolute atomic E-state index is 0.292. The molecule has 2 aromatic carbocycles. The van der Waals surface area contributed by atoms with Crippen LogP contribution < -0.4 is 5.32 Å². The third-order valence-electron chi connectivity index (χ3n) is 4.24. The summed E-state index contributed by atoms with van der Waals surface area (Å²) in [5.74, 6) is 0.742. The van der Waals surface area contributed by atoms with Gasteiger partial charge in [0.05, 0.1) is 17.0 Å². The summed E-state index contributed by atoms with van der Waals surface area (Å²) in [6, 6.07) is 15.9. The number of rotatable bonds is 2. The molecule has 0 bridgehead atoms. The van der Waals surface area contributed by atoms with Crippen molar-refractivity contribution in [3.05, 3.63) is 76.1 Å². The molecular weight excluding hydrogens is 322 g/mol. The van der Waals surface area contributed by atoms with Crippen LogP contribution in [-0.2, 0) is 0 Å². The van der Waals surface area contributed by atoms with Crippen LogP contribution >= 0.6 is 11.6 Å². The van der Waals surface area contributed by atoms with Gasteiger partial charge in [-0.05, 0) is 31.7 Å². The highest BCUT2D eigenvalue weighted by Gasteiger charge is 2.29. The lowest BCUT2D eigenvalue weighted by Crippen LogP contribution is -2.15. The second kappa shape index (κ2) is 5.89. The Morgan fingerprint density at radius 1 is 1.04 bits per heavy atom. The molecular formula is C19H16ClN3O. The smallest absolute Gasteiger partial charge is 0.183 e. The Hall–Kier alpha value is -2.43. The third kappa shape index (κ3) is 2.35. The zero-order valence-electron chi connectivity index (χ0n) is 13.4. The molecule has 0 radical (unpaired) electrons. The number of hydrogen-bond acceptors (Lipinski definition) is 4. The molecule has 0 amide bonds. The van der Waals surface area contributed by atoms with E-state index in [-0.39, 0.29) is 6.17 Å². The van der Waals surface area contributed by atoms with E-state index >= 15 is 0 Å². The zero-order chi connectivity index (χ0) is 16.7. The SMILES string of the molecule is CN[C@@H]1N=C(c2ccc(Cl)cc2)c2ccccc2-c2c(C)noc21. The summed E-state index contributed by atoms with van der Waals surface area (Å²) in [4.78, 5) is 4.92. The molecule has 1 aliphatic heterocycles. The van der Waals surface area contributed by atoms with Gasteiger partial charge in [-0.1, -0.05) is 53.2 Å². The van der Waals surface area contributed by atoms with Crippen LogP contribution in [0.4, 0.5) is 0 Å². The first-order valence-corrected chi connectivity index (χ1v) is 8.14. The van der Waals surface area contributed by atoms with Crippen LogP contribution in [0.2, 0.25) is 5.02 Å². The molecule has 0 aliphatic carbocycles. The van der Waals surface area contributed by atoms with Crippen molar-refractivity contribution >= 4 is 17.3 Å². The molecule has 1 atom stereocenters. The number of benzene rings is 2. The number of nitrogens with one attached hydrogen (secondary N) is 1. The van der Waals surface area contributed by atoms with Gasteiger partial charge in [0.1, 0.15) is 0 Å². The molecule has 0 saturated carbocycles. The van der Waals surface area contributed by atoms with E-state index in [4.69, 9.17) is 21.1 Å². The average molecular weight is 338 g/mol. The molecule has 0 unspecified atom stereocenters. The zero-order valence-corrected chi connectivity index (χ0v) is 14.1. The van der Waals surface area contributed by atoms with E-state index in [1.165, 1.54) is 0 Å². The molecule has 3 aromatic rings. The first-order chi connectivity index (χ1) is 11.7. The normalized spacial score (nSPS) is 16.1. The number of fused-ring (bicyclic) bond motifs is 3. The van der Waals surface area contributed by atoms with E-state index in [0.29, 0.717) is 5.02 Å². The molecule has 4 nitrogen and oxygen atoms in total. The van der Waals surface area contributed by atoms with Crippen LogP contribution in [0.25, 0.3) is 11.1 Å². The van der Waals surface area contributed by atoms with E-state index in [1.807, 2.05) is 50.4 Å². The molecule has 1 aromatic heterocycles. The Bertz CT molecular complexity index is 928. The molecule has 1 aliphatic rings. The van der Waals surface area contributed by atoms with E-state index in [9.17, 15) is 0 Å². The predicted molar refractivity (Wildman–Crippen MR) is 95.6 cm³/mol. The number of aromatic nitrogens is 1. The third-order valence-corrected chi connectivity index (χ3v) is 4.49. The second-order valence-electron chi connectivity index (χ2n) is 5.73.